The standard InChI is InChI=1S/C18H21BrO5/c1-2-22-18(20)15-11-24-17-14(15)8-13(19)9-16(17)23-7-5-12-4-3-6-21-10-12/h8-9,11-12H,2-7,10H2,1H3. The maximum atomic E-state index is 12.0. The van der Waals surface area contributed by atoms with Gasteiger partial charge >= 0.3 is 5.97 Å². The first-order valence-corrected chi connectivity index (χ1v) is 9.06. The third-order valence-electron chi connectivity index (χ3n) is 4.14. The Balaban J connectivity index is 1.74. The predicted molar refractivity (Wildman–Crippen MR) is 93.5 cm³/mol. The molecular formula is C18H21BrO5. The van der Waals surface area contributed by atoms with Gasteiger partial charge in [0.15, 0.2) is 11.3 Å². The fourth-order valence-electron chi connectivity index (χ4n) is 2.92. The molecule has 0 bridgehead atoms. The number of fused-ring (bicyclic) bond motifs is 1. The molecule has 1 aliphatic heterocycles. The summed E-state index contributed by atoms with van der Waals surface area (Å²) in [6.45, 7) is 4.37. The van der Waals surface area contributed by atoms with E-state index in [1.165, 1.54) is 12.7 Å². The number of benzene rings is 1. The monoisotopic (exact) mass is 396 g/mol. The van der Waals surface area contributed by atoms with E-state index < -0.39 is 0 Å². The fourth-order valence-corrected chi connectivity index (χ4v) is 3.35. The molecular weight excluding hydrogens is 376 g/mol. The minimum absolute atomic E-state index is 0.326. The average Bonchev–Trinajstić information content (AvgIpc) is 3.00. The van der Waals surface area contributed by atoms with Gasteiger partial charge in [0, 0.05) is 23.1 Å². The molecule has 0 spiro atoms. The molecule has 0 radical (unpaired) electrons. The highest BCUT2D eigenvalue weighted by atomic mass is 79.9. The normalized spacial score (nSPS) is 17.8. The van der Waals surface area contributed by atoms with E-state index in [0.717, 1.165) is 30.5 Å². The number of ether oxygens (including phenoxy) is 3. The van der Waals surface area contributed by atoms with Gasteiger partial charge in [-0.1, -0.05) is 15.9 Å². The van der Waals surface area contributed by atoms with Crippen LogP contribution in [0.25, 0.3) is 11.0 Å². The van der Waals surface area contributed by atoms with Gasteiger partial charge in [-0.05, 0) is 44.2 Å². The Morgan fingerprint density at radius 3 is 3.04 bits per heavy atom. The van der Waals surface area contributed by atoms with Gasteiger partial charge in [-0.25, -0.2) is 4.79 Å². The Bertz CT molecular complexity index is 703. The lowest BCUT2D eigenvalue weighted by atomic mass is 9.99. The smallest absolute Gasteiger partial charge is 0.342 e. The van der Waals surface area contributed by atoms with E-state index in [2.05, 4.69) is 15.9 Å². The Kier molecular flexibility index (Phi) is 5.79. The van der Waals surface area contributed by atoms with Crippen LogP contribution in [0.4, 0.5) is 0 Å². The third kappa shape index (κ3) is 3.92. The molecule has 1 atom stereocenters. The Morgan fingerprint density at radius 2 is 2.29 bits per heavy atom. The van der Waals surface area contributed by atoms with Crippen LogP contribution < -0.4 is 4.74 Å². The van der Waals surface area contributed by atoms with E-state index in [-0.39, 0.29) is 5.97 Å². The highest BCUT2D eigenvalue weighted by Gasteiger charge is 2.19. The summed E-state index contributed by atoms with van der Waals surface area (Å²) in [4.78, 5) is 12.0. The average molecular weight is 397 g/mol. The van der Waals surface area contributed by atoms with E-state index in [1.54, 1.807) is 6.92 Å². The molecule has 1 aromatic heterocycles. The summed E-state index contributed by atoms with van der Waals surface area (Å²) < 4.78 is 22.9. The number of rotatable bonds is 6. The molecule has 6 heteroatoms. The van der Waals surface area contributed by atoms with Crippen molar-refractivity contribution in [3.63, 3.8) is 0 Å². The summed E-state index contributed by atoms with van der Waals surface area (Å²) in [5.41, 5.74) is 0.986. The summed E-state index contributed by atoms with van der Waals surface area (Å²) in [6, 6.07) is 3.70. The number of halogens is 1. The van der Waals surface area contributed by atoms with Crippen LogP contribution >= 0.6 is 15.9 Å². The molecule has 130 valence electrons. The van der Waals surface area contributed by atoms with Crippen molar-refractivity contribution in [1.29, 1.82) is 0 Å². The summed E-state index contributed by atoms with van der Waals surface area (Å²) in [6.07, 6.45) is 4.67. The number of hydrogen-bond acceptors (Lipinski definition) is 5. The maximum absolute atomic E-state index is 12.0. The van der Waals surface area contributed by atoms with Crippen LogP contribution in [0.3, 0.4) is 0 Å². The van der Waals surface area contributed by atoms with Crippen LogP contribution in [0.15, 0.2) is 27.3 Å². The molecule has 0 saturated carbocycles. The molecule has 2 heterocycles. The maximum Gasteiger partial charge on any atom is 0.342 e. The molecule has 1 unspecified atom stereocenters. The van der Waals surface area contributed by atoms with Crippen molar-refractivity contribution in [3.8, 4) is 5.75 Å². The summed E-state index contributed by atoms with van der Waals surface area (Å²) in [7, 11) is 0. The molecule has 2 aromatic rings. The van der Waals surface area contributed by atoms with E-state index in [4.69, 9.17) is 18.6 Å². The minimum Gasteiger partial charge on any atom is -0.490 e. The van der Waals surface area contributed by atoms with Crippen LogP contribution in [0.2, 0.25) is 0 Å². The minimum atomic E-state index is -0.389. The van der Waals surface area contributed by atoms with Gasteiger partial charge in [0.1, 0.15) is 11.8 Å². The van der Waals surface area contributed by atoms with E-state index in [0.29, 0.717) is 41.4 Å². The zero-order valence-corrected chi connectivity index (χ0v) is 15.3. The second-order valence-corrected chi connectivity index (χ2v) is 6.79. The van der Waals surface area contributed by atoms with Crippen LogP contribution in [0.1, 0.15) is 36.5 Å². The quantitative estimate of drug-likeness (QED) is 0.669. The molecule has 5 nitrogen and oxygen atoms in total. The molecule has 24 heavy (non-hydrogen) atoms. The zero-order chi connectivity index (χ0) is 16.9. The predicted octanol–water partition coefficient (Wildman–Crippen LogP) is 4.57. The number of carbonyl (C=O) groups is 1. The Labute approximate surface area is 149 Å². The molecule has 0 aliphatic carbocycles. The molecule has 1 saturated heterocycles. The van der Waals surface area contributed by atoms with E-state index in [9.17, 15) is 4.79 Å². The van der Waals surface area contributed by atoms with Crippen molar-refractivity contribution >= 4 is 32.9 Å². The highest BCUT2D eigenvalue weighted by molar-refractivity contribution is 9.10. The van der Waals surface area contributed by atoms with Crippen molar-refractivity contribution in [2.24, 2.45) is 5.92 Å². The summed E-state index contributed by atoms with van der Waals surface area (Å²) >= 11 is 3.46. The highest BCUT2D eigenvalue weighted by Crippen LogP contribution is 2.34. The first-order valence-electron chi connectivity index (χ1n) is 8.27. The molecule has 1 aromatic carbocycles. The molecule has 0 N–H and O–H groups in total. The Hall–Kier alpha value is -1.53. The Morgan fingerprint density at radius 1 is 1.42 bits per heavy atom. The first-order chi connectivity index (χ1) is 11.7. The fraction of sp³-hybridized carbons (Fsp3) is 0.500. The number of esters is 1. The van der Waals surface area contributed by atoms with Gasteiger partial charge in [0.2, 0.25) is 0 Å². The largest absolute Gasteiger partial charge is 0.490 e. The van der Waals surface area contributed by atoms with Crippen molar-refractivity contribution in [2.45, 2.75) is 26.2 Å². The van der Waals surface area contributed by atoms with Gasteiger partial charge < -0.3 is 18.6 Å². The zero-order valence-electron chi connectivity index (χ0n) is 13.7. The van der Waals surface area contributed by atoms with Gasteiger partial charge in [0.25, 0.3) is 0 Å². The second kappa shape index (κ2) is 8.03. The van der Waals surface area contributed by atoms with Crippen molar-refractivity contribution in [1.82, 2.24) is 0 Å². The SMILES string of the molecule is CCOC(=O)c1coc2c(OCCC3CCCOC3)cc(Br)cc12. The summed E-state index contributed by atoms with van der Waals surface area (Å²) in [5.74, 6) is 0.791. The lowest BCUT2D eigenvalue weighted by molar-refractivity contribution is 0.0462. The van der Waals surface area contributed by atoms with Crippen molar-refractivity contribution in [3.05, 3.63) is 28.4 Å². The van der Waals surface area contributed by atoms with Crippen molar-refractivity contribution in [2.75, 3.05) is 26.4 Å². The lowest BCUT2D eigenvalue weighted by Crippen LogP contribution is -2.19. The molecule has 3 rings (SSSR count). The van der Waals surface area contributed by atoms with Crippen molar-refractivity contribution < 1.29 is 23.4 Å². The van der Waals surface area contributed by atoms with Gasteiger partial charge in [-0.2, -0.15) is 0 Å². The van der Waals surface area contributed by atoms with Gasteiger partial charge in [0.05, 0.1) is 13.2 Å². The second-order valence-electron chi connectivity index (χ2n) is 5.87. The van der Waals surface area contributed by atoms with Gasteiger partial charge in [-0.3, -0.25) is 0 Å². The van der Waals surface area contributed by atoms with Crippen LogP contribution in [0, 0.1) is 5.92 Å². The van der Waals surface area contributed by atoms with Crippen LogP contribution in [-0.4, -0.2) is 32.4 Å². The van der Waals surface area contributed by atoms with Gasteiger partial charge in [-0.15, -0.1) is 0 Å². The van der Waals surface area contributed by atoms with Crippen LogP contribution in [-0.2, 0) is 9.47 Å². The molecule has 1 aliphatic rings. The topological polar surface area (TPSA) is 57.9 Å². The summed E-state index contributed by atoms with van der Waals surface area (Å²) in [5, 5.41) is 0.693. The van der Waals surface area contributed by atoms with E-state index in [1.807, 2.05) is 12.1 Å². The number of hydrogen-bond donors (Lipinski definition) is 0. The van der Waals surface area contributed by atoms with E-state index >= 15 is 0 Å². The molecule has 1 fully saturated rings. The number of carbonyl (C=O) groups excluding carboxylic acids is 1. The van der Waals surface area contributed by atoms with Crippen LogP contribution in [0.5, 0.6) is 5.75 Å². The lowest BCUT2D eigenvalue weighted by Gasteiger charge is -2.21. The molecule has 0 amide bonds. The third-order valence-corrected chi connectivity index (χ3v) is 4.60. The number of furan rings is 1. The first kappa shape index (κ1) is 17.3.